The van der Waals surface area contributed by atoms with E-state index in [2.05, 4.69) is 93.9 Å². The molecule has 1 aliphatic rings. The molecule has 3 aromatic rings. The second kappa shape index (κ2) is 7.59. The van der Waals surface area contributed by atoms with Gasteiger partial charge < -0.3 is 0 Å². The monoisotopic (exact) mass is 386 g/mol. The van der Waals surface area contributed by atoms with Crippen molar-refractivity contribution in [3.8, 4) is 11.3 Å². The molecule has 0 saturated heterocycles. The molecule has 4 rings (SSSR count). The van der Waals surface area contributed by atoms with E-state index in [9.17, 15) is 0 Å². The Kier molecular flexibility index (Phi) is 5.27. The number of nitrogens with zero attached hydrogens (tertiary/aromatic N) is 1. The summed E-state index contributed by atoms with van der Waals surface area (Å²) in [4.78, 5) is 0. The SMILES string of the molecule is CCCCc1ccc2c3[n+](ccc2c1)C(CC)(CC)C(C)(CC)c1ccccc1-3. The standard InChI is InChI=1S/C28H36N/c1-6-10-13-21-16-17-23-22(20-21)18-19-29-26(23)24-14-11-12-15-25(24)27(5,7-2)28(29,8-3)9-4/h11-12,14-20H,6-10,13H2,1-5H3/q+1. The smallest absolute Gasteiger partial charge is 0.192 e. The number of hydrogen-bond donors (Lipinski definition) is 0. The Labute approximate surface area is 176 Å². The van der Waals surface area contributed by atoms with Crippen LogP contribution in [0, 0.1) is 0 Å². The van der Waals surface area contributed by atoms with Crippen LogP contribution in [0.5, 0.6) is 0 Å². The largest absolute Gasteiger partial charge is 0.221 e. The lowest BCUT2D eigenvalue weighted by atomic mass is 9.58. The fraction of sp³-hybridized carbons (Fsp3) is 0.464. The number of benzene rings is 2. The minimum Gasteiger partial charge on any atom is -0.192 e. The normalized spacial score (nSPS) is 19.8. The predicted molar refractivity (Wildman–Crippen MR) is 124 cm³/mol. The summed E-state index contributed by atoms with van der Waals surface area (Å²) in [6.07, 6.45) is 9.49. The molecule has 2 heterocycles. The van der Waals surface area contributed by atoms with E-state index in [1.165, 1.54) is 52.4 Å². The molecule has 0 bridgehead atoms. The van der Waals surface area contributed by atoms with E-state index in [0.29, 0.717) is 0 Å². The molecule has 0 spiro atoms. The maximum Gasteiger partial charge on any atom is 0.221 e. The Morgan fingerprint density at radius 1 is 0.862 bits per heavy atom. The number of aromatic nitrogens is 1. The van der Waals surface area contributed by atoms with Crippen molar-refractivity contribution in [2.45, 2.75) is 84.1 Å². The molecule has 1 aliphatic heterocycles. The van der Waals surface area contributed by atoms with E-state index in [1.54, 1.807) is 0 Å². The number of pyridine rings is 1. The molecular formula is C28H36N+. The summed E-state index contributed by atoms with van der Waals surface area (Å²) < 4.78 is 2.65. The molecule has 152 valence electrons. The summed E-state index contributed by atoms with van der Waals surface area (Å²) >= 11 is 0. The highest BCUT2D eigenvalue weighted by atomic mass is 15.1. The second-order valence-corrected chi connectivity index (χ2v) is 9.03. The highest BCUT2D eigenvalue weighted by molar-refractivity contribution is 5.94. The first kappa shape index (κ1) is 20.1. The zero-order valence-electron chi connectivity index (χ0n) is 18.9. The molecule has 0 saturated carbocycles. The summed E-state index contributed by atoms with van der Waals surface area (Å²) in [5, 5.41) is 2.77. The molecule has 0 N–H and O–H groups in total. The van der Waals surface area contributed by atoms with Crippen molar-refractivity contribution in [2.75, 3.05) is 0 Å². The van der Waals surface area contributed by atoms with Gasteiger partial charge in [0, 0.05) is 18.9 Å². The van der Waals surface area contributed by atoms with E-state index in [4.69, 9.17) is 0 Å². The van der Waals surface area contributed by atoms with E-state index >= 15 is 0 Å². The average Bonchev–Trinajstić information content (AvgIpc) is 2.77. The van der Waals surface area contributed by atoms with Crippen LogP contribution in [0.1, 0.15) is 77.8 Å². The average molecular weight is 387 g/mol. The Balaban J connectivity index is 2.05. The van der Waals surface area contributed by atoms with Crippen LogP contribution in [0.3, 0.4) is 0 Å². The van der Waals surface area contributed by atoms with Gasteiger partial charge in [-0.15, -0.1) is 0 Å². The molecule has 0 fully saturated rings. The summed E-state index contributed by atoms with van der Waals surface area (Å²) in [6.45, 7) is 11.9. The van der Waals surface area contributed by atoms with Gasteiger partial charge in [-0.3, -0.25) is 0 Å². The van der Waals surface area contributed by atoms with Gasteiger partial charge in [0.25, 0.3) is 0 Å². The third kappa shape index (κ3) is 2.77. The van der Waals surface area contributed by atoms with Gasteiger partial charge in [0.2, 0.25) is 5.69 Å². The van der Waals surface area contributed by atoms with Crippen LogP contribution in [0.4, 0.5) is 0 Å². The van der Waals surface area contributed by atoms with E-state index in [0.717, 1.165) is 19.3 Å². The number of hydrogen-bond acceptors (Lipinski definition) is 0. The van der Waals surface area contributed by atoms with Gasteiger partial charge in [0.05, 0.1) is 16.4 Å². The first-order valence-corrected chi connectivity index (χ1v) is 11.6. The summed E-state index contributed by atoms with van der Waals surface area (Å²) in [5.74, 6) is 0. The first-order valence-electron chi connectivity index (χ1n) is 11.6. The van der Waals surface area contributed by atoms with Crippen molar-refractivity contribution in [1.82, 2.24) is 0 Å². The molecule has 1 nitrogen and oxygen atoms in total. The topological polar surface area (TPSA) is 3.88 Å². The van der Waals surface area contributed by atoms with Crippen LogP contribution in [0.2, 0.25) is 0 Å². The summed E-state index contributed by atoms with van der Waals surface area (Å²) in [7, 11) is 0. The molecule has 29 heavy (non-hydrogen) atoms. The Morgan fingerprint density at radius 2 is 1.62 bits per heavy atom. The van der Waals surface area contributed by atoms with Gasteiger partial charge in [0.1, 0.15) is 0 Å². The number of unbranched alkanes of at least 4 members (excludes halogenated alkanes) is 1. The van der Waals surface area contributed by atoms with Gasteiger partial charge in [-0.05, 0) is 54.8 Å². The fourth-order valence-electron chi connectivity index (χ4n) is 6.07. The third-order valence-electron chi connectivity index (χ3n) is 7.98. The minimum absolute atomic E-state index is 0.0977. The van der Waals surface area contributed by atoms with Crippen molar-refractivity contribution in [3.63, 3.8) is 0 Å². The van der Waals surface area contributed by atoms with Crippen LogP contribution in [0.25, 0.3) is 22.0 Å². The molecular weight excluding hydrogens is 350 g/mol. The van der Waals surface area contributed by atoms with E-state index in [1.807, 2.05) is 0 Å². The molecule has 1 heteroatoms. The second-order valence-electron chi connectivity index (χ2n) is 9.03. The maximum atomic E-state index is 2.65. The van der Waals surface area contributed by atoms with Gasteiger partial charge in [-0.1, -0.05) is 64.4 Å². The van der Waals surface area contributed by atoms with Crippen molar-refractivity contribution in [3.05, 3.63) is 65.9 Å². The molecule has 0 radical (unpaired) electrons. The predicted octanol–water partition coefficient (Wildman–Crippen LogP) is 7.33. The zero-order valence-corrected chi connectivity index (χ0v) is 18.9. The third-order valence-corrected chi connectivity index (χ3v) is 7.98. The molecule has 0 amide bonds. The first-order chi connectivity index (χ1) is 14.1. The van der Waals surface area contributed by atoms with Gasteiger partial charge in [-0.25, -0.2) is 0 Å². The molecule has 2 aromatic carbocycles. The Hall–Kier alpha value is -2.15. The Morgan fingerprint density at radius 3 is 2.31 bits per heavy atom. The summed E-state index contributed by atoms with van der Waals surface area (Å²) in [6, 6.07) is 18.7. The van der Waals surface area contributed by atoms with Crippen LogP contribution < -0.4 is 4.57 Å². The van der Waals surface area contributed by atoms with Crippen molar-refractivity contribution in [2.24, 2.45) is 0 Å². The Bertz CT molecular complexity index is 1030. The van der Waals surface area contributed by atoms with Crippen molar-refractivity contribution < 1.29 is 4.57 Å². The molecule has 1 aromatic heterocycles. The van der Waals surface area contributed by atoms with Crippen molar-refractivity contribution >= 4 is 10.8 Å². The molecule has 1 atom stereocenters. The zero-order chi connectivity index (χ0) is 20.6. The van der Waals surface area contributed by atoms with E-state index in [-0.39, 0.29) is 11.0 Å². The minimum atomic E-state index is 0.0977. The lowest BCUT2D eigenvalue weighted by molar-refractivity contribution is -0.768. The highest BCUT2D eigenvalue weighted by Crippen LogP contribution is 2.52. The molecule has 0 aliphatic carbocycles. The fourth-order valence-corrected chi connectivity index (χ4v) is 6.07. The molecule has 1 unspecified atom stereocenters. The highest BCUT2D eigenvalue weighted by Gasteiger charge is 2.58. The van der Waals surface area contributed by atoms with Crippen LogP contribution in [-0.4, -0.2) is 0 Å². The van der Waals surface area contributed by atoms with Gasteiger partial charge in [-0.2, -0.15) is 4.57 Å². The summed E-state index contributed by atoms with van der Waals surface area (Å²) in [5.41, 5.74) is 6.04. The van der Waals surface area contributed by atoms with E-state index < -0.39 is 0 Å². The number of fused-ring (bicyclic) bond motifs is 5. The van der Waals surface area contributed by atoms with Gasteiger partial charge in [0.15, 0.2) is 11.7 Å². The van der Waals surface area contributed by atoms with Crippen LogP contribution in [0.15, 0.2) is 54.7 Å². The maximum absolute atomic E-state index is 2.65. The number of rotatable bonds is 6. The van der Waals surface area contributed by atoms with Gasteiger partial charge >= 0.3 is 0 Å². The van der Waals surface area contributed by atoms with Crippen molar-refractivity contribution in [1.29, 1.82) is 0 Å². The lowest BCUT2D eigenvalue weighted by Crippen LogP contribution is -2.68. The lowest BCUT2D eigenvalue weighted by Gasteiger charge is -2.47. The van der Waals surface area contributed by atoms with Crippen LogP contribution in [-0.2, 0) is 17.4 Å². The quantitative estimate of drug-likeness (QED) is 0.390. The number of aryl methyl sites for hydroxylation is 1. The van der Waals surface area contributed by atoms with Crippen LogP contribution >= 0.6 is 0 Å².